The fourth-order valence-electron chi connectivity index (χ4n) is 1.72. The normalized spacial score (nSPS) is 28.6. The Hall–Kier alpha value is 0.490. The van der Waals surface area contributed by atoms with Gasteiger partial charge in [0.15, 0.2) is 0 Å². The maximum Gasteiger partial charge on any atom is 0.206 e. The van der Waals surface area contributed by atoms with Gasteiger partial charge in [-0.15, -0.1) is 11.6 Å². The van der Waals surface area contributed by atoms with E-state index in [9.17, 15) is 0 Å². The van der Waals surface area contributed by atoms with Gasteiger partial charge < -0.3 is 9.47 Å². The molecule has 1 aliphatic heterocycles. The molecule has 1 aromatic rings. The summed E-state index contributed by atoms with van der Waals surface area (Å²) in [5.74, 6) is -0.485. The second-order valence-corrected chi connectivity index (χ2v) is 5.43. The lowest BCUT2D eigenvalue weighted by Gasteiger charge is -2.27. The minimum absolute atomic E-state index is 0.124. The lowest BCUT2D eigenvalue weighted by Crippen LogP contribution is -2.30. The maximum absolute atomic E-state index is 6.17. The molecular weight excluding hydrogens is 350 g/mol. The monoisotopic (exact) mass is 358 g/mol. The van der Waals surface area contributed by atoms with E-state index in [2.05, 4.69) is 15.9 Å². The Bertz CT molecular complexity index is 416. The molecule has 0 N–H and O–H groups in total. The highest BCUT2D eigenvalue weighted by molar-refractivity contribution is 9.09. The Morgan fingerprint density at radius 2 is 2.18 bits per heavy atom. The molecule has 0 bridgehead atoms. The summed E-state index contributed by atoms with van der Waals surface area (Å²) in [6.07, 6.45) is -0.124. The van der Waals surface area contributed by atoms with Crippen LogP contribution in [-0.2, 0) is 15.3 Å². The molecule has 0 unspecified atom stereocenters. The van der Waals surface area contributed by atoms with Crippen molar-refractivity contribution in [1.82, 2.24) is 0 Å². The lowest BCUT2D eigenvalue weighted by atomic mass is 10.1. The maximum atomic E-state index is 6.17. The number of halogens is 4. The van der Waals surface area contributed by atoms with Gasteiger partial charge in [0.25, 0.3) is 0 Å². The van der Waals surface area contributed by atoms with E-state index in [1.807, 2.05) is 6.07 Å². The van der Waals surface area contributed by atoms with Crippen molar-refractivity contribution in [2.45, 2.75) is 11.9 Å². The Morgan fingerprint density at radius 3 is 2.71 bits per heavy atom. The number of alkyl halides is 2. The molecule has 94 valence electrons. The topological polar surface area (TPSA) is 18.5 Å². The molecule has 0 radical (unpaired) electrons. The van der Waals surface area contributed by atoms with Gasteiger partial charge in [0.05, 0.1) is 28.9 Å². The predicted octanol–water partition coefficient (Wildman–Crippen LogP) is 4.20. The van der Waals surface area contributed by atoms with E-state index in [-0.39, 0.29) is 6.10 Å². The van der Waals surface area contributed by atoms with Crippen molar-refractivity contribution in [3.05, 3.63) is 33.8 Å². The molecule has 1 fully saturated rings. The second-order valence-electron chi connectivity index (χ2n) is 3.72. The summed E-state index contributed by atoms with van der Waals surface area (Å²) in [5.41, 5.74) is 0.757. The molecule has 0 aliphatic carbocycles. The van der Waals surface area contributed by atoms with Gasteiger partial charge in [0, 0.05) is 10.6 Å². The Labute approximate surface area is 123 Å². The summed E-state index contributed by atoms with van der Waals surface area (Å²) in [7, 11) is 0. The van der Waals surface area contributed by atoms with Crippen molar-refractivity contribution in [1.29, 1.82) is 0 Å². The van der Waals surface area contributed by atoms with E-state index in [1.54, 1.807) is 12.1 Å². The minimum Gasteiger partial charge on any atom is -0.342 e. The van der Waals surface area contributed by atoms with Gasteiger partial charge in [-0.2, -0.15) is 0 Å². The molecule has 0 aromatic heterocycles. The number of ether oxygens (including phenoxy) is 2. The third-order valence-corrected chi connectivity index (χ3v) is 4.18. The molecule has 1 heterocycles. The van der Waals surface area contributed by atoms with Crippen LogP contribution in [0.4, 0.5) is 0 Å². The van der Waals surface area contributed by atoms with Crippen LogP contribution < -0.4 is 0 Å². The van der Waals surface area contributed by atoms with Gasteiger partial charge in [0.1, 0.15) is 0 Å². The van der Waals surface area contributed by atoms with Gasteiger partial charge in [-0.05, 0) is 12.1 Å². The molecular formula is C11H10BrCl3O2. The summed E-state index contributed by atoms with van der Waals surface area (Å²) in [5, 5.41) is 1.58. The van der Waals surface area contributed by atoms with Crippen LogP contribution in [0.25, 0.3) is 0 Å². The standard InChI is InChI=1S/C11H10BrCl3O2/c12-6-11(16-5-8(4-13)17-11)9-2-1-7(14)3-10(9)15/h1-3,8H,4-6H2/t8-,11-/m0/s1. The molecule has 0 amide bonds. The van der Waals surface area contributed by atoms with Crippen LogP contribution in [-0.4, -0.2) is 23.9 Å². The van der Waals surface area contributed by atoms with Crippen molar-refractivity contribution < 1.29 is 9.47 Å². The minimum atomic E-state index is -0.874. The first-order valence-corrected chi connectivity index (χ1v) is 7.42. The first-order chi connectivity index (χ1) is 8.11. The smallest absolute Gasteiger partial charge is 0.206 e. The highest BCUT2D eigenvalue weighted by Crippen LogP contribution is 2.40. The summed E-state index contributed by atoms with van der Waals surface area (Å²) < 4.78 is 11.5. The summed E-state index contributed by atoms with van der Waals surface area (Å²) in [6, 6.07) is 5.24. The van der Waals surface area contributed by atoms with Crippen molar-refractivity contribution in [2.24, 2.45) is 0 Å². The average molecular weight is 360 g/mol. The fourth-order valence-corrected chi connectivity index (χ4v) is 3.02. The van der Waals surface area contributed by atoms with Gasteiger partial charge >= 0.3 is 0 Å². The van der Waals surface area contributed by atoms with Crippen LogP contribution in [0.5, 0.6) is 0 Å². The van der Waals surface area contributed by atoms with Crippen LogP contribution in [0.1, 0.15) is 5.56 Å². The molecule has 2 rings (SSSR count). The molecule has 1 aliphatic rings. The average Bonchev–Trinajstić information content (AvgIpc) is 2.74. The lowest BCUT2D eigenvalue weighted by molar-refractivity contribution is -0.154. The molecule has 0 saturated carbocycles. The molecule has 17 heavy (non-hydrogen) atoms. The third-order valence-electron chi connectivity index (χ3n) is 2.55. The Balaban J connectivity index is 2.35. The van der Waals surface area contributed by atoms with Crippen LogP contribution in [0.15, 0.2) is 18.2 Å². The summed E-state index contributed by atoms with van der Waals surface area (Å²) in [6.45, 7) is 0.452. The Kier molecular flexibility index (Phi) is 4.61. The highest BCUT2D eigenvalue weighted by Gasteiger charge is 2.43. The van der Waals surface area contributed by atoms with E-state index in [0.29, 0.717) is 27.9 Å². The van der Waals surface area contributed by atoms with Crippen LogP contribution >= 0.6 is 50.7 Å². The first-order valence-electron chi connectivity index (χ1n) is 5.00. The predicted molar refractivity (Wildman–Crippen MR) is 73.5 cm³/mol. The van der Waals surface area contributed by atoms with E-state index in [4.69, 9.17) is 44.3 Å². The fraction of sp³-hybridized carbons (Fsp3) is 0.455. The highest BCUT2D eigenvalue weighted by atomic mass is 79.9. The summed E-state index contributed by atoms with van der Waals surface area (Å²) in [4.78, 5) is 0. The second kappa shape index (κ2) is 5.64. The summed E-state index contributed by atoms with van der Waals surface area (Å²) >= 11 is 21.2. The van der Waals surface area contributed by atoms with Gasteiger partial charge in [0.2, 0.25) is 5.79 Å². The van der Waals surface area contributed by atoms with E-state index in [1.165, 1.54) is 0 Å². The zero-order valence-corrected chi connectivity index (χ0v) is 12.6. The molecule has 1 aromatic carbocycles. The molecule has 6 heteroatoms. The number of hydrogen-bond donors (Lipinski definition) is 0. The van der Waals surface area contributed by atoms with E-state index >= 15 is 0 Å². The molecule has 1 saturated heterocycles. The quantitative estimate of drug-likeness (QED) is 0.753. The van der Waals surface area contributed by atoms with Crippen LogP contribution in [0.2, 0.25) is 10.0 Å². The molecule has 2 atom stereocenters. The third kappa shape index (κ3) is 2.75. The van der Waals surface area contributed by atoms with Gasteiger partial charge in [-0.3, -0.25) is 0 Å². The number of rotatable bonds is 3. The first kappa shape index (κ1) is 13.9. The van der Waals surface area contributed by atoms with Crippen LogP contribution in [0, 0.1) is 0 Å². The van der Waals surface area contributed by atoms with Gasteiger partial charge in [-0.1, -0.05) is 45.2 Å². The molecule has 2 nitrogen and oxygen atoms in total. The number of benzene rings is 1. The largest absolute Gasteiger partial charge is 0.342 e. The van der Waals surface area contributed by atoms with Crippen molar-refractivity contribution in [3.8, 4) is 0 Å². The zero-order chi connectivity index (χ0) is 12.5. The van der Waals surface area contributed by atoms with Crippen molar-refractivity contribution in [2.75, 3.05) is 17.8 Å². The SMILES string of the molecule is ClC[C@H]1CO[C@](CBr)(c2ccc(Cl)cc2Cl)O1. The van der Waals surface area contributed by atoms with Gasteiger partial charge in [-0.25, -0.2) is 0 Å². The van der Waals surface area contributed by atoms with Crippen LogP contribution in [0.3, 0.4) is 0 Å². The molecule has 0 spiro atoms. The Morgan fingerprint density at radius 1 is 1.41 bits per heavy atom. The van der Waals surface area contributed by atoms with E-state index in [0.717, 1.165) is 5.56 Å². The zero-order valence-electron chi connectivity index (χ0n) is 8.76. The number of hydrogen-bond acceptors (Lipinski definition) is 2. The van der Waals surface area contributed by atoms with E-state index < -0.39 is 5.79 Å². The van der Waals surface area contributed by atoms with Crippen molar-refractivity contribution >= 4 is 50.7 Å². The van der Waals surface area contributed by atoms with Crippen molar-refractivity contribution in [3.63, 3.8) is 0 Å².